The van der Waals surface area contributed by atoms with Crippen molar-refractivity contribution in [3.8, 4) is 24.7 Å². The Hall–Kier alpha value is -1.84. The highest BCUT2D eigenvalue weighted by Crippen LogP contribution is 2.23. The quantitative estimate of drug-likeness (QED) is 0.591. The van der Waals surface area contributed by atoms with Crippen LogP contribution in [0.25, 0.3) is 11.0 Å². The van der Waals surface area contributed by atoms with Gasteiger partial charge in [0.1, 0.15) is 0 Å². The molecule has 0 N–H and O–H groups in total. The first-order valence-corrected chi connectivity index (χ1v) is 5.80. The topological polar surface area (TPSA) is 17.8 Å². The molecule has 1 aromatic carbocycles. The third-order valence-electron chi connectivity index (χ3n) is 2.15. The summed E-state index contributed by atoms with van der Waals surface area (Å²) in [6.45, 7) is 0.521. The van der Waals surface area contributed by atoms with Crippen molar-refractivity contribution in [1.29, 1.82) is 0 Å². The third-order valence-corrected chi connectivity index (χ3v) is 3.03. The number of para-hydroxylation sites is 2. The van der Waals surface area contributed by atoms with Gasteiger partial charge >= 0.3 is 0 Å². The maximum Gasteiger partial charge on any atom is 0.170 e. The molecule has 0 amide bonds. The van der Waals surface area contributed by atoms with Crippen LogP contribution in [0.4, 0.5) is 0 Å². The number of thioether (sulfide) groups is 1. The van der Waals surface area contributed by atoms with E-state index in [4.69, 9.17) is 12.8 Å². The zero-order valence-electron chi connectivity index (χ0n) is 8.68. The molecule has 0 saturated carbocycles. The van der Waals surface area contributed by atoms with Crippen LogP contribution in [0.5, 0.6) is 0 Å². The third kappa shape index (κ3) is 1.91. The zero-order chi connectivity index (χ0) is 11.4. The number of imidazole rings is 1. The van der Waals surface area contributed by atoms with Gasteiger partial charge in [-0.15, -0.1) is 12.8 Å². The molecule has 0 atom stereocenters. The van der Waals surface area contributed by atoms with Gasteiger partial charge in [0.2, 0.25) is 0 Å². The lowest BCUT2D eigenvalue weighted by Gasteiger charge is -2.02. The molecule has 0 radical (unpaired) electrons. The van der Waals surface area contributed by atoms with Crippen molar-refractivity contribution in [3.05, 3.63) is 24.3 Å². The van der Waals surface area contributed by atoms with E-state index >= 15 is 0 Å². The first kappa shape index (κ1) is 10.7. The summed E-state index contributed by atoms with van der Waals surface area (Å²) in [4.78, 5) is 4.50. The molecular weight excluding hydrogens is 216 g/mol. The molecule has 2 rings (SSSR count). The van der Waals surface area contributed by atoms with Crippen LogP contribution in [0.15, 0.2) is 29.4 Å². The maximum atomic E-state index is 5.36. The van der Waals surface area contributed by atoms with Crippen molar-refractivity contribution in [3.63, 3.8) is 0 Å². The van der Waals surface area contributed by atoms with E-state index in [-0.39, 0.29) is 0 Å². The fraction of sp³-hybridized carbons (Fsp3) is 0.154. The second kappa shape index (κ2) is 4.79. The normalized spacial score (nSPS) is 9.88. The molecule has 2 aromatic rings. The predicted molar refractivity (Wildman–Crippen MR) is 68.1 cm³/mol. The summed E-state index contributed by atoms with van der Waals surface area (Å²) in [6.07, 6.45) is 10.6. The summed E-state index contributed by atoms with van der Waals surface area (Å²) >= 11 is 1.53. The predicted octanol–water partition coefficient (Wildman–Crippen LogP) is 2.39. The highest BCUT2D eigenvalue weighted by molar-refractivity contribution is 7.99. The van der Waals surface area contributed by atoms with Gasteiger partial charge in [0, 0.05) is 0 Å². The lowest BCUT2D eigenvalue weighted by Crippen LogP contribution is -1.97. The minimum absolute atomic E-state index is 0.521. The lowest BCUT2D eigenvalue weighted by molar-refractivity contribution is 0.763. The van der Waals surface area contributed by atoms with Crippen LogP contribution in [0.3, 0.4) is 0 Å². The van der Waals surface area contributed by atoms with Crippen molar-refractivity contribution in [2.75, 3.05) is 5.75 Å². The van der Waals surface area contributed by atoms with E-state index in [9.17, 15) is 0 Å². The highest BCUT2D eigenvalue weighted by Gasteiger charge is 2.08. The number of fused-ring (bicyclic) bond motifs is 1. The van der Waals surface area contributed by atoms with Gasteiger partial charge in [0.05, 0.1) is 23.3 Å². The second-order valence-electron chi connectivity index (χ2n) is 3.17. The molecule has 0 aliphatic rings. The molecule has 78 valence electrons. The number of nitrogens with zero attached hydrogens (tertiary/aromatic N) is 2. The van der Waals surface area contributed by atoms with E-state index in [1.165, 1.54) is 11.8 Å². The largest absolute Gasteiger partial charge is 0.307 e. The number of benzene rings is 1. The number of aromatic nitrogens is 2. The Morgan fingerprint density at radius 2 is 2.06 bits per heavy atom. The van der Waals surface area contributed by atoms with Gasteiger partial charge in [-0.3, -0.25) is 0 Å². The summed E-state index contributed by atoms with van der Waals surface area (Å²) in [5.41, 5.74) is 2.01. The SMILES string of the molecule is C#CCSc1nc2ccccc2n1CC#C. The average Bonchev–Trinajstić information content (AvgIpc) is 2.66. The molecule has 0 unspecified atom stereocenters. The standard InChI is InChI=1S/C13H10N2S/c1-3-9-15-12-8-6-5-7-11(12)14-13(15)16-10-4-2/h1-2,5-8H,9-10H2. The van der Waals surface area contributed by atoms with Gasteiger partial charge in [-0.2, -0.15) is 0 Å². The molecule has 16 heavy (non-hydrogen) atoms. The second-order valence-corrected chi connectivity index (χ2v) is 4.11. The summed E-state index contributed by atoms with van der Waals surface area (Å²) in [6, 6.07) is 7.93. The van der Waals surface area contributed by atoms with Gasteiger partial charge in [0.15, 0.2) is 5.16 Å². The van der Waals surface area contributed by atoms with E-state index in [0.717, 1.165) is 16.2 Å². The van der Waals surface area contributed by atoms with Gasteiger partial charge in [-0.05, 0) is 12.1 Å². The molecule has 0 spiro atoms. The zero-order valence-corrected chi connectivity index (χ0v) is 9.50. The summed E-state index contributed by atoms with van der Waals surface area (Å²) in [5.74, 6) is 5.83. The van der Waals surface area contributed by atoms with Gasteiger partial charge in [-0.1, -0.05) is 35.7 Å². The molecule has 3 heteroatoms. The first-order chi connectivity index (χ1) is 7.86. The van der Waals surface area contributed by atoms with Crippen LogP contribution in [-0.2, 0) is 6.54 Å². The lowest BCUT2D eigenvalue weighted by atomic mass is 10.3. The molecule has 1 aromatic heterocycles. The Bertz CT molecular complexity index is 584. The van der Waals surface area contributed by atoms with E-state index < -0.39 is 0 Å². The van der Waals surface area contributed by atoms with Crippen LogP contribution >= 0.6 is 11.8 Å². The van der Waals surface area contributed by atoms with Crippen LogP contribution in [0.1, 0.15) is 0 Å². The summed E-state index contributed by atoms with van der Waals surface area (Å²) in [5, 5.41) is 0.886. The Morgan fingerprint density at radius 1 is 1.25 bits per heavy atom. The van der Waals surface area contributed by atoms with E-state index in [2.05, 4.69) is 16.8 Å². The number of terminal acetylenes is 2. The fourth-order valence-corrected chi connectivity index (χ4v) is 2.21. The van der Waals surface area contributed by atoms with E-state index in [0.29, 0.717) is 12.3 Å². The molecule has 0 saturated heterocycles. The van der Waals surface area contributed by atoms with Crippen LogP contribution in [-0.4, -0.2) is 15.3 Å². The van der Waals surface area contributed by atoms with E-state index in [1.807, 2.05) is 28.8 Å². The summed E-state index contributed by atoms with van der Waals surface area (Å²) in [7, 11) is 0. The Morgan fingerprint density at radius 3 is 2.81 bits per heavy atom. The van der Waals surface area contributed by atoms with Crippen molar-refractivity contribution < 1.29 is 0 Å². The number of hydrogen-bond acceptors (Lipinski definition) is 2. The summed E-state index contributed by atoms with van der Waals surface area (Å²) < 4.78 is 2.01. The van der Waals surface area contributed by atoms with Crippen molar-refractivity contribution in [2.24, 2.45) is 0 Å². The fourth-order valence-electron chi connectivity index (χ4n) is 1.51. The maximum absolute atomic E-state index is 5.36. The van der Waals surface area contributed by atoms with Crippen molar-refractivity contribution in [1.82, 2.24) is 9.55 Å². The highest BCUT2D eigenvalue weighted by atomic mass is 32.2. The smallest absolute Gasteiger partial charge is 0.170 e. The van der Waals surface area contributed by atoms with E-state index in [1.54, 1.807) is 0 Å². The molecule has 0 bridgehead atoms. The van der Waals surface area contributed by atoms with Crippen molar-refractivity contribution in [2.45, 2.75) is 11.7 Å². The molecule has 0 aliphatic carbocycles. The monoisotopic (exact) mass is 226 g/mol. The Kier molecular flexibility index (Phi) is 3.19. The van der Waals surface area contributed by atoms with Gasteiger partial charge in [-0.25, -0.2) is 4.98 Å². The van der Waals surface area contributed by atoms with Crippen LogP contribution < -0.4 is 0 Å². The number of hydrogen-bond donors (Lipinski definition) is 0. The average molecular weight is 226 g/mol. The van der Waals surface area contributed by atoms with Crippen LogP contribution in [0.2, 0.25) is 0 Å². The molecule has 1 heterocycles. The van der Waals surface area contributed by atoms with Crippen molar-refractivity contribution >= 4 is 22.8 Å². The molecule has 0 fully saturated rings. The number of rotatable bonds is 3. The van der Waals surface area contributed by atoms with Gasteiger partial charge < -0.3 is 4.57 Å². The molecule has 0 aliphatic heterocycles. The Balaban J connectivity index is 2.51. The molecule has 2 nitrogen and oxygen atoms in total. The van der Waals surface area contributed by atoms with Crippen LogP contribution in [0, 0.1) is 24.7 Å². The minimum Gasteiger partial charge on any atom is -0.307 e. The Labute approximate surface area is 99.1 Å². The first-order valence-electron chi connectivity index (χ1n) is 4.82. The molecular formula is C13H10N2S. The van der Waals surface area contributed by atoms with Gasteiger partial charge in [0.25, 0.3) is 0 Å². The minimum atomic E-state index is 0.521.